The van der Waals surface area contributed by atoms with Gasteiger partial charge >= 0.3 is 0 Å². The number of thiophene rings is 2. The fraction of sp³-hybridized carbons (Fsp3) is 0.111. The van der Waals surface area contributed by atoms with Crippen LogP contribution in [-0.4, -0.2) is 30.7 Å². The molecule has 1 aromatic carbocycles. The van der Waals surface area contributed by atoms with Crippen LogP contribution in [0.3, 0.4) is 0 Å². The summed E-state index contributed by atoms with van der Waals surface area (Å²) in [4.78, 5) is 10.2. The van der Waals surface area contributed by atoms with Crippen molar-refractivity contribution in [2.45, 2.75) is 0 Å². The molecule has 0 radical (unpaired) electrons. The number of hydrogen-bond donors (Lipinski definition) is 2. The van der Waals surface area contributed by atoms with Gasteiger partial charge in [0.1, 0.15) is 10.6 Å². The smallest absolute Gasteiger partial charge is 0.210 e. The molecule has 0 spiro atoms. The zero-order valence-corrected chi connectivity index (χ0v) is 16.6. The van der Waals surface area contributed by atoms with Crippen LogP contribution in [0.1, 0.15) is 0 Å². The maximum absolute atomic E-state index is 11.3. The SMILES string of the molecule is NS(=O)(=O)CCNc1nc(-c2ccsc2)nc2scc(-c3ccccc3)c12. The number of sulfonamides is 1. The second-order valence-corrected chi connectivity index (χ2v) is 9.27. The summed E-state index contributed by atoms with van der Waals surface area (Å²) >= 11 is 3.12. The molecule has 0 aliphatic carbocycles. The third-order valence-electron chi connectivity index (χ3n) is 3.98. The van der Waals surface area contributed by atoms with Gasteiger partial charge in [-0.2, -0.15) is 11.3 Å². The van der Waals surface area contributed by atoms with Crippen molar-refractivity contribution in [1.82, 2.24) is 9.97 Å². The largest absolute Gasteiger partial charge is 0.368 e. The number of aromatic nitrogens is 2. The molecule has 0 atom stereocenters. The molecule has 6 nitrogen and oxygen atoms in total. The minimum Gasteiger partial charge on any atom is -0.368 e. The minimum absolute atomic E-state index is 0.170. The molecule has 27 heavy (non-hydrogen) atoms. The first-order valence-corrected chi connectivity index (χ1v) is 11.7. The summed E-state index contributed by atoms with van der Waals surface area (Å²) in [5, 5.41) is 15.2. The van der Waals surface area contributed by atoms with Crippen molar-refractivity contribution in [2.75, 3.05) is 17.6 Å². The van der Waals surface area contributed by atoms with E-state index in [-0.39, 0.29) is 12.3 Å². The van der Waals surface area contributed by atoms with Crippen molar-refractivity contribution in [2.24, 2.45) is 5.14 Å². The summed E-state index contributed by atoms with van der Waals surface area (Å²) < 4.78 is 22.6. The van der Waals surface area contributed by atoms with Gasteiger partial charge in [0.15, 0.2) is 5.82 Å². The Morgan fingerprint density at radius 3 is 2.56 bits per heavy atom. The van der Waals surface area contributed by atoms with E-state index < -0.39 is 10.0 Å². The number of hydrogen-bond acceptors (Lipinski definition) is 7. The Labute approximate surface area is 164 Å². The lowest BCUT2D eigenvalue weighted by molar-refractivity contribution is 0.598. The molecule has 0 saturated heterocycles. The van der Waals surface area contributed by atoms with E-state index in [0.717, 1.165) is 26.9 Å². The summed E-state index contributed by atoms with van der Waals surface area (Å²) in [7, 11) is -3.55. The van der Waals surface area contributed by atoms with Crippen molar-refractivity contribution in [3.8, 4) is 22.5 Å². The Morgan fingerprint density at radius 2 is 1.85 bits per heavy atom. The molecule has 138 valence electrons. The second-order valence-electron chi connectivity index (χ2n) is 5.90. The van der Waals surface area contributed by atoms with Crippen molar-refractivity contribution < 1.29 is 8.42 Å². The highest BCUT2D eigenvalue weighted by Gasteiger charge is 2.16. The van der Waals surface area contributed by atoms with Gasteiger partial charge in [0, 0.05) is 28.4 Å². The van der Waals surface area contributed by atoms with Gasteiger partial charge in [-0.3, -0.25) is 0 Å². The molecule has 4 aromatic rings. The second kappa shape index (κ2) is 7.35. The lowest BCUT2D eigenvalue weighted by atomic mass is 10.1. The van der Waals surface area contributed by atoms with Crippen LogP contribution in [0.4, 0.5) is 5.82 Å². The van der Waals surface area contributed by atoms with E-state index in [1.54, 1.807) is 22.7 Å². The first-order chi connectivity index (χ1) is 13.0. The maximum atomic E-state index is 11.3. The molecule has 9 heteroatoms. The predicted octanol–water partition coefficient (Wildman–Crippen LogP) is 3.79. The number of nitrogens with zero attached hydrogens (tertiary/aromatic N) is 2. The minimum atomic E-state index is -3.55. The molecule has 0 aliphatic heterocycles. The van der Waals surface area contributed by atoms with E-state index in [1.165, 1.54) is 0 Å². The maximum Gasteiger partial charge on any atom is 0.210 e. The highest BCUT2D eigenvalue weighted by atomic mass is 32.2. The molecular weight excluding hydrogens is 400 g/mol. The van der Waals surface area contributed by atoms with Crippen LogP contribution >= 0.6 is 22.7 Å². The fourth-order valence-corrected chi connectivity index (χ4v) is 4.70. The molecule has 0 bridgehead atoms. The van der Waals surface area contributed by atoms with Gasteiger partial charge < -0.3 is 5.32 Å². The zero-order chi connectivity index (χ0) is 18.9. The average molecular weight is 417 g/mol. The van der Waals surface area contributed by atoms with E-state index >= 15 is 0 Å². The number of nitrogens with two attached hydrogens (primary N) is 1. The van der Waals surface area contributed by atoms with Crippen molar-refractivity contribution in [1.29, 1.82) is 0 Å². The van der Waals surface area contributed by atoms with Crippen LogP contribution in [0.2, 0.25) is 0 Å². The van der Waals surface area contributed by atoms with Crippen LogP contribution in [0, 0.1) is 0 Å². The van der Waals surface area contributed by atoms with Crippen molar-refractivity contribution >= 4 is 48.7 Å². The van der Waals surface area contributed by atoms with Crippen LogP contribution in [0.15, 0.2) is 52.5 Å². The molecule has 3 aromatic heterocycles. The normalized spacial score (nSPS) is 11.7. The Morgan fingerprint density at radius 1 is 1.04 bits per heavy atom. The number of primary sulfonamides is 1. The number of rotatable bonds is 6. The Kier molecular flexibility index (Phi) is 4.92. The first kappa shape index (κ1) is 18.1. The van der Waals surface area contributed by atoms with Gasteiger partial charge in [0.2, 0.25) is 10.0 Å². The highest BCUT2D eigenvalue weighted by Crippen LogP contribution is 2.38. The molecule has 3 heterocycles. The summed E-state index contributed by atoms with van der Waals surface area (Å²) in [6, 6.07) is 12.0. The predicted molar refractivity (Wildman–Crippen MR) is 113 cm³/mol. The molecule has 0 aliphatic rings. The van der Waals surface area contributed by atoms with E-state index in [2.05, 4.69) is 15.7 Å². The van der Waals surface area contributed by atoms with Gasteiger partial charge in [-0.25, -0.2) is 23.5 Å². The topological polar surface area (TPSA) is 98.0 Å². The van der Waals surface area contributed by atoms with Gasteiger partial charge in [-0.15, -0.1) is 11.3 Å². The van der Waals surface area contributed by atoms with Gasteiger partial charge in [-0.05, 0) is 17.0 Å². The van der Waals surface area contributed by atoms with Gasteiger partial charge in [-0.1, -0.05) is 30.3 Å². The number of anilines is 1. The van der Waals surface area contributed by atoms with Crippen LogP contribution in [-0.2, 0) is 10.0 Å². The van der Waals surface area contributed by atoms with E-state index in [4.69, 9.17) is 10.1 Å². The lowest BCUT2D eigenvalue weighted by Gasteiger charge is -2.10. The third-order valence-corrected chi connectivity index (χ3v) is 6.31. The third kappa shape index (κ3) is 4.01. The Hall–Kier alpha value is -2.33. The standard InChI is InChI=1S/C18H16N4O2S3/c19-27(23,24)9-7-20-17-15-14(12-4-2-1-3-5-12)11-26-18(15)22-16(21-17)13-6-8-25-10-13/h1-6,8,10-11H,7,9H2,(H2,19,23,24)(H,20,21,22). The molecule has 0 amide bonds. The number of nitrogens with one attached hydrogen (secondary N) is 1. The molecule has 4 rings (SSSR count). The fourth-order valence-electron chi connectivity index (χ4n) is 2.73. The molecule has 0 saturated carbocycles. The quantitative estimate of drug-likeness (QED) is 0.498. The number of benzene rings is 1. The first-order valence-electron chi connectivity index (χ1n) is 8.13. The monoisotopic (exact) mass is 416 g/mol. The molecule has 0 unspecified atom stereocenters. The lowest BCUT2D eigenvalue weighted by Crippen LogP contribution is -2.22. The molecular formula is C18H16N4O2S3. The highest BCUT2D eigenvalue weighted by molar-refractivity contribution is 7.89. The van der Waals surface area contributed by atoms with Gasteiger partial charge in [0.25, 0.3) is 0 Å². The Balaban J connectivity index is 1.83. The van der Waals surface area contributed by atoms with Crippen LogP contribution < -0.4 is 10.5 Å². The van der Waals surface area contributed by atoms with Crippen molar-refractivity contribution in [3.05, 3.63) is 52.5 Å². The summed E-state index contributed by atoms with van der Waals surface area (Å²) in [6.45, 7) is 0.179. The zero-order valence-electron chi connectivity index (χ0n) is 14.1. The Bertz CT molecular complexity index is 1170. The number of fused-ring (bicyclic) bond motifs is 1. The summed E-state index contributed by atoms with van der Waals surface area (Å²) in [5.41, 5.74) is 3.02. The van der Waals surface area contributed by atoms with E-state index in [1.807, 2.05) is 47.2 Å². The van der Waals surface area contributed by atoms with Crippen LogP contribution in [0.5, 0.6) is 0 Å². The van der Waals surface area contributed by atoms with Gasteiger partial charge in [0.05, 0.1) is 11.1 Å². The van der Waals surface area contributed by atoms with Crippen molar-refractivity contribution in [3.63, 3.8) is 0 Å². The van der Waals surface area contributed by atoms with Crippen LogP contribution in [0.25, 0.3) is 32.7 Å². The molecule has 3 N–H and O–H groups in total. The molecule has 0 fully saturated rings. The summed E-state index contributed by atoms with van der Waals surface area (Å²) in [5.74, 6) is 1.06. The van der Waals surface area contributed by atoms with E-state index in [0.29, 0.717) is 11.6 Å². The average Bonchev–Trinajstić information content (AvgIpc) is 3.31. The summed E-state index contributed by atoms with van der Waals surface area (Å²) in [6.07, 6.45) is 0. The van der Waals surface area contributed by atoms with E-state index in [9.17, 15) is 8.42 Å².